The summed E-state index contributed by atoms with van der Waals surface area (Å²) in [5.74, 6) is 0.774. The van der Waals surface area contributed by atoms with Gasteiger partial charge in [0.25, 0.3) is 0 Å². The smallest absolute Gasteiger partial charge is 0.234 e. The topological polar surface area (TPSA) is 63.5 Å². The van der Waals surface area contributed by atoms with E-state index in [2.05, 4.69) is 10.6 Å². The quantitative estimate of drug-likeness (QED) is 0.748. The van der Waals surface area contributed by atoms with Crippen molar-refractivity contribution in [2.24, 2.45) is 0 Å². The molecule has 0 aliphatic rings. The SMILES string of the molecule is COCC(C)NC(=O)CN[C@@H](C)c1ccco1. The van der Waals surface area contributed by atoms with E-state index in [0.29, 0.717) is 6.61 Å². The highest BCUT2D eigenvalue weighted by atomic mass is 16.5. The van der Waals surface area contributed by atoms with Crippen molar-refractivity contribution in [3.05, 3.63) is 24.2 Å². The van der Waals surface area contributed by atoms with Crippen LogP contribution in [0.1, 0.15) is 25.6 Å². The molecular weight excluding hydrogens is 220 g/mol. The summed E-state index contributed by atoms with van der Waals surface area (Å²) in [6, 6.07) is 3.75. The molecule has 0 fully saturated rings. The number of furan rings is 1. The first-order chi connectivity index (χ1) is 8.13. The average molecular weight is 240 g/mol. The minimum atomic E-state index is -0.0482. The second kappa shape index (κ2) is 7.09. The molecule has 2 atom stereocenters. The van der Waals surface area contributed by atoms with E-state index in [1.54, 1.807) is 13.4 Å². The van der Waals surface area contributed by atoms with Gasteiger partial charge in [0.2, 0.25) is 5.91 Å². The molecule has 1 heterocycles. The number of nitrogens with one attached hydrogen (secondary N) is 2. The van der Waals surface area contributed by atoms with Crippen LogP contribution in [-0.2, 0) is 9.53 Å². The molecule has 17 heavy (non-hydrogen) atoms. The zero-order chi connectivity index (χ0) is 12.7. The number of amides is 1. The summed E-state index contributed by atoms with van der Waals surface area (Å²) in [4.78, 5) is 11.5. The lowest BCUT2D eigenvalue weighted by molar-refractivity contribution is -0.121. The molecule has 5 heteroatoms. The van der Waals surface area contributed by atoms with Gasteiger partial charge in [-0.1, -0.05) is 0 Å². The first kappa shape index (κ1) is 13.7. The lowest BCUT2D eigenvalue weighted by Crippen LogP contribution is -2.41. The fourth-order valence-corrected chi connectivity index (χ4v) is 1.50. The maximum Gasteiger partial charge on any atom is 0.234 e. The Balaban J connectivity index is 2.24. The number of hydrogen-bond donors (Lipinski definition) is 2. The summed E-state index contributed by atoms with van der Waals surface area (Å²) < 4.78 is 10.2. The first-order valence-electron chi connectivity index (χ1n) is 5.68. The Bertz CT molecular complexity index is 325. The van der Waals surface area contributed by atoms with E-state index in [0.717, 1.165) is 5.76 Å². The van der Waals surface area contributed by atoms with Gasteiger partial charge in [0.05, 0.1) is 25.5 Å². The summed E-state index contributed by atoms with van der Waals surface area (Å²) in [6.45, 7) is 4.62. The lowest BCUT2D eigenvalue weighted by atomic mass is 10.2. The molecule has 1 aromatic rings. The van der Waals surface area contributed by atoms with Gasteiger partial charge in [-0.05, 0) is 26.0 Å². The highest BCUT2D eigenvalue weighted by molar-refractivity contribution is 5.78. The Morgan fingerprint density at radius 3 is 2.88 bits per heavy atom. The molecule has 1 amide bonds. The third-order valence-corrected chi connectivity index (χ3v) is 2.36. The summed E-state index contributed by atoms with van der Waals surface area (Å²) >= 11 is 0. The first-order valence-corrected chi connectivity index (χ1v) is 5.68. The van der Waals surface area contributed by atoms with Gasteiger partial charge in [-0.2, -0.15) is 0 Å². The Labute approximate surface area is 102 Å². The van der Waals surface area contributed by atoms with Gasteiger partial charge >= 0.3 is 0 Å². The molecule has 1 aromatic heterocycles. The maximum absolute atomic E-state index is 11.5. The van der Waals surface area contributed by atoms with E-state index < -0.39 is 0 Å². The van der Waals surface area contributed by atoms with Crippen LogP contribution in [0.25, 0.3) is 0 Å². The molecule has 0 saturated heterocycles. The molecule has 0 aliphatic heterocycles. The highest BCUT2D eigenvalue weighted by Crippen LogP contribution is 2.11. The van der Waals surface area contributed by atoms with E-state index in [1.807, 2.05) is 26.0 Å². The molecule has 0 saturated carbocycles. The Morgan fingerprint density at radius 1 is 1.53 bits per heavy atom. The van der Waals surface area contributed by atoms with Crippen LogP contribution in [0.3, 0.4) is 0 Å². The zero-order valence-electron chi connectivity index (χ0n) is 10.5. The normalized spacial score (nSPS) is 14.3. The second-order valence-electron chi connectivity index (χ2n) is 4.04. The Hall–Kier alpha value is -1.33. The van der Waals surface area contributed by atoms with Gasteiger partial charge in [0.15, 0.2) is 0 Å². The fourth-order valence-electron chi connectivity index (χ4n) is 1.50. The molecule has 0 bridgehead atoms. The Kier molecular flexibility index (Phi) is 5.72. The van der Waals surface area contributed by atoms with Crippen molar-refractivity contribution in [3.8, 4) is 0 Å². The van der Waals surface area contributed by atoms with Gasteiger partial charge in [-0.25, -0.2) is 0 Å². The van der Waals surface area contributed by atoms with Crippen LogP contribution in [0.2, 0.25) is 0 Å². The average Bonchev–Trinajstić information content (AvgIpc) is 2.79. The maximum atomic E-state index is 11.5. The third-order valence-electron chi connectivity index (χ3n) is 2.36. The Morgan fingerprint density at radius 2 is 2.29 bits per heavy atom. The summed E-state index contributed by atoms with van der Waals surface area (Å²) in [7, 11) is 1.61. The molecule has 2 N–H and O–H groups in total. The number of methoxy groups -OCH3 is 1. The van der Waals surface area contributed by atoms with Crippen molar-refractivity contribution in [2.75, 3.05) is 20.3 Å². The fraction of sp³-hybridized carbons (Fsp3) is 0.583. The van der Waals surface area contributed by atoms with Crippen molar-refractivity contribution < 1.29 is 13.9 Å². The molecule has 5 nitrogen and oxygen atoms in total. The van der Waals surface area contributed by atoms with Gasteiger partial charge in [0, 0.05) is 13.2 Å². The van der Waals surface area contributed by atoms with Crippen molar-refractivity contribution in [1.29, 1.82) is 0 Å². The second-order valence-corrected chi connectivity index (χ2v) is 4.04. The molecule has 1 unspecified atom stereocenters. The molecule has 96 valence electrons. The summed E-state index contributed by atoms with van der Waals surface area (Å²) in [6.07, 6.45) is 1.62. The molecular formula is C12H20N2O3. The van der Waals surface area contributed by atoms with Crippen molar-refractivity contribution in [2.45, 2.75) is 25.9 Å². The van der Waals surface area contributed by atoms with Crippen LogP contribution < -0.4 is 10.6 Å². The largest absolute Gasteiger partial charge is 0.468 e. The molecule has 0 aliphatic carbocycles. The lowest BCUT2D eigenvalue weighted by Gasteiger charge is -2.15. The van der Waals surface area contributed by atoms with Gasteiger partial charge < -0.3 is 14.5 Å². The summed E-state index contributed by atoms with van der Waals surface area (Å²) in [5, 5.41) is 5.91. The van der Waals surface area contributed by atoms with Crippen molar-refractivity contribution in [3.63, 3.8) is 0 Å². The van der Waals surface area contributed by atoms with Gasteiger partial charge in [-0.15, -0.1) is 0 Å². The molecule has 0 spiro atoms. The van der Waals surface area contributed by atoms with Crippen LogP contribution in [-0.4, -0.2) is 32.2 Å². The van der Waals surface area contributed by atoms with E-state index in [-0.39, 0.29) is 24.5 Å². The van der Waals surface area contributed by atoms with Crippen molar-refractivity contribution in [1.82, 2.24) is 10.6 Å². The van der Waals surface area contributed by atoms with Crippen LogP contribution in [0, 0.1) is 0 Å². The number of ether oxygens (including phenoxy) is 1. The molecule has 0 radical (unpaired) electrons. The van der Waals surface area contributed by atoms with E-state index in [4.69, 9.17) is 9.15 Å². The van der Waals surface area contributed by atoms with Gasteiger partial charge in [0.1, 0.15) is 5.76 Å². The van der Waals surface area contributed by atoms with E-state index in [1.165, 1.54) is 0 Å². The van der Waals surface area contributed by atoms with Crippen LogP contribution in [0.15, 0.2) is 22.8 Å². The van der Waals surface area contributed by atoms with Crippen LogP contribution in [0.4, 0.5) is 0 Å². The minimum absolute atomic E-state index is 0.0215. The third kappa shape index (κ3) is 5.01. The van der Waals surface area contributed by atoms with Crippen LogP contribution in [0.5, 0.6) is 0 Å². The van der Waals surface area contributed by atoms with Crippen LogP contribution >= 0.6 is 0 Å². The number of carbonyl (C=O) groups is 1. The number of hydrogen-bond acceptors (Lipinski definition) is 4. The molecule has 0 aromatic carbocycles. The van der Waals surface area contributed by atoms with E-state index >= 15 is 0 Å². The number of rotatable bonds is 7. The number of carbonyl (C=O) groups excluding carboxylic acids is 1. The van der Waals surface area contributed by atoms with Crippen molar-refractivity contribution >= 4 is 5.91 Å². The zero-order valence-corrected chi connectivity index (χ0v) is 10.5. The van der Waals surface area contributed by atoms with Gasteiger partial charge in [-0.3, -0.25) is 10.1 Å². The highest BCUT2D eigenvalue weighted by Gasteiger charge is 2.11. The molecule has 1 rings (SSSR count). The standard InChI is InChI=1S/C12H20N2O3/c1-9(8-16-3)14-12(15)7-13-10(2)11-5-4-6-17-11/h4-6,9-10,13H,7-8H2,1-3H3,(H,14,15)/t9?,10-/m0/s1. The monoisotopic (exact) mass is 240 g/mol. The summed E-state index contributed by atoms with van der Waals surface area (Å²) in [5.41, 5.74) is 0. The predicted octanol–water partition coefficient (Wildman–Crippen LogP) is 1.08. The predicted molar refractivity (Wildman–Crippen MR) is 64.6 cm³/mol. The van der Waals surface area contributed by atoms with E-state index in [9.17, 15) is 4.79 Å². The minimum Gasteiger partial charge on any atom is -0.468 e.